The Labute approximate surface area is 80.5 Å². The van der Waals surface area contributed by atoms with Gasteiger partial charge in [-0.2, -0.15) is 0 Å². The molecule has 76 valence electrons. The van der Waals surface area contributed by atoms with Crippen LogP contribution in [-0.2, 0) is 18.1 Å². The van der Waals surface area contributed by atoms with Crippen LogP contribution in [0.2, 0.25) is 0 Å². The van der Waals surface area contributed by atoms with Crippen LogP contribution in [0.15, 0.2) is 12.7 Å². The fraction of sp³-hybridized carbons (Fsp3) is 0.625. The standard InChI is InChI=1S/C8H16O4Si/c1-4-7-8(9)12-13(10-5-2)11-6-3/h4,13H,1,5-7H2,2-3H3. The second kappa shape index (κ2) is 7.97. The molecular weight excluding hydrogens is 188 g/mol. The molecule has 0 aromatic rings. The van der Waals surface area contributed by atoms with Crippen molar-refractivity contribution in [2.45, 2.75) is 20.3 Å². The van der Waals surface area contributed by atoms with Gasteiger partial charge in [-0.1, -0.05) is 6.08 Å². The maximum absolute atomic E-state index is 11.0. The van der Waals surface area contributed by atoms with Crippen molar-refractivity contribution in [2.75, 3.05) is 13.2 Å². The van der Waals surface area contributed by atoms with Gasteiger partial charge in [0.25, 0.3) is 5.97 Å². The first-order valence-corrected chi connectivity index (χ1v) is 5.69. The number of rotatable bonds is 7. The van der Waals surface area contributed by atoms with Gasteiger partial charge in [0.05, 0.1) is 6.42 Å². The normalized spacial score (nSPS) is 10.1. The van der Waals surface area contributed by atoms with Crippen molar-refractivity contribution < 1.29 is 18.1 Å². The first kappa shape index (κ1) is 12.3. The van der Waals surface area contributed by atoms with Crippen LogP contribution in [0.3, 0.4) is 0 Å². The van der Waals surface area contributed by atoms with Gasteiger partial charge in [0.15, 0.2) is 0 Å². The van der Waals surface area contributed by atoms with Gasteiger partial charge in [-0.15, -0.1) is 6.58 Å². The highest BCUT2D eigenvalue weighted by Gasteiger charge is 2.18. The molecule has 0 radical (unpaired) electrons. The smallest absolute Gasteiger partial charge is 0.475 e. The Morgan fingerprint density at radius 1 is 1.38 bits per heavy atom. The summed E-state index contributed by atoms with van der Waals surface area (Å²) >= 11 is 0. The van der Waals surface area contributed by atoms with Gasteiger partial charge in [-0.3, -0.25) is 4.79 Å². The fourth-order valence-electron chi connectivity index (χ4n) is 0.662. The van der Waals surface area contributed by atoms with E-state index in [2.05, 4.69) is 6.58 Å². The van der Waals surface area contributed by atoms with Crippen molar-refractivity contribution in [3.05, 3.63) is 12.7 Å². The van der Waals surface area contributed by atoms with Crippen molar-refractivity contribution in [3.8, 4) is 0 Å². The molecule has 5 heteroatoms. The second-order valence-corrected chi connectivity index (χ2v) is 3.66. The van der Waals surface area contributed by atoms with Gasteiger partial charge in [-0.25, -0.2) is 0 Å². The Hall–Kier alpha value is -0.653. The minimum Gasteiger partial charge on any atom is -0.475 e. The van der Waals surface area contributed by atoms with Gasteiger partial charge in [0, 0.05) is 13.2 Å². The lowest BCUT2D eigenvalue weighted by Crippen LogP contribution is -2.29. The Balaban J connectivity index is 3.78. The highest BCUT2D eigenvalue weighted by Crippen LogP contribution is 1.96. The maximum Gasteiger partial charge on any atom is 0.551 e. The summed E-state index contributed by atoms with van der Waals surface area (Å²) in [5.41, 5.74) is 0. The van der Waals surface area contributed by atoms with E-state index in [0.29, 0.717) is 13.2 Å². The van der Waals surface area contributed by atoms with Crippen LogP contribution in [0.1, 0.15) is 20.3 Å². The summed E-state index contributed by atoms with van der Waals surface area (Å²) in [6.07, 6.45) is 1.69. The molecule has 0 aliphatic rings. The fourth-order valence-corrected chi connectivity index (χ4v) is 1.75. The molecule has 0 bridgehead atoms. The third kappa shape index (κ3) is 6.50. The zero-order valence-electron chi connectivity index (χ0n) is 8.12. The minimum atomic E-state index is -2.22. The summed E-state index contributed by atoms with van der Waals surface area (Å²) in [7, 11) is -2.22. The predicted molar refractivity (Wildman–Crippen MR) is 51.3 cm³/mol. The van der Waals surface area contributed by atoms with E-state index in [-0.39, 0.29) is 12.4 Å². The van der Waals surface area contributed by atoms with E-state index >= 15 is 0 Å². The van der Waals surface area contributed by atoms with Gasteiger partial charge in [0.1, 0.15) is 0 Å². The molecule has 0 aromatic heterocycles. The van der Waals surface area contributed by atoms with Crippen LogP contribution in [0.4, 0.5) is 0 Å². The van der Waals surface area contributed by atoms with Crippen LogP contribution in [0.25, 0.3) is 0 Å². The Morgan fingerprint density at radius 3 is 2.31 bits per heavy atom. The van der Waals surface area contributed by atoms with Crippen molar-refractivity contribution in [3.63, 3.8) is 0 Å². The third-order valence-electron chi connectivity index (χ3n) is 1.14. The Bertz CT molecular complexity index is 154. The van der Waals surface area contributed by atoms with Crippen LogP contribution in [0.5, 0.6) is 0 Å². The molecular formula is C8H16O4Si. The lowest BCUT2D eigenvalue weighted by atomic mass is 10.4. The minimum absolute atomic E-state index is 0.198. The number of carbonyl (C=O) groups is 1. The largest absolute Gasteiger partial charge is 0.551 e. The molecule has 0 unspecified atom stereocenters. The average molecular weight is 204 g/mol. The quantitative estimate of drug-likeness (QED) is 0.456. The summed E-state index contributed by atoms with van der Waals surface area (Å²) in [4.78, 5) is 11.0. The van der Waals surface area contributed by atoms with Gasteiger partial charge < -0.3 is 13.3 Å². The molecule has 0 amide bonds. The molecule has 13 heavy (non-hydrogen) atoms. The van der Waals surface area contributed by atoms with E-state index in [0.717, 1.165) is 0 Å². The zero-order valence-corrected chi connectivity index (χ0v) is 9.27. The molecule has 0 atom stereocenters. The van der Waals surface area contributed by atoms with E-state index in [4.69, 9.17) is 13.3 Å². The highest BCUT2D eigenvalue weighted by atomic mass is 28.3. The third-order valence-corrected chi connectivity index (χ3v) is 2.81. The summed E-state index contributed by atoms with van der Waals surface area (Å²) in [6.45, 7) is 8.10. The van der Waals surface area contributed by atoms with Crippen LogP contribution in [0, 0.1) is 0 Å². The maximum atomic E-state index is 11.0. The molecule has 0 aromatic carbocycles. The molecule has 0 aliphatic heterocycles. The molecule has 0 saturated carbocycles. The van der Waals surface area contributed by atoms with E-state index in [9.17, 15) is 4.79 Å². The predicted octanol–water partition coefficient (Wildman–Crippen LogP) is 0.896. The molecule has 0 saturated heterocycles. The van der Waals surface area contributed by atoms with Gasteiger partial charge >= 0.3 is 9.53 Å². The lowest BCUT2D eigenvalue weighted by molar-refractivity contribution is -0.136. The highest BCUT2D eigenvalue weighted by molar-refractivity contribution is 6.39. The van der Waals surface area contributed by atoms with E-state index in [1.165, 1.54) is 6.08 Å². The van der Waals surface area contributed by atoms with Gasteiger partial charge in [0.2, 0.25) is 0 Å². The summed E-state index contributed by atoms with van der Waals surface area (Å²) in [5, 5.41) is 0. The molecule has 0 heterocycles. The molecule has 0 rings (SSSR count). The van der Waals surface area contributed by atoms with Crippen LogP contribution >= 0.6 is 0 Å². The summed E-state index contributed by atoms with van der Waals surface area (Å²) in [6, 6.07) is 0. The topological polar surface area (TPSA) is 44.8 Å². The molecule has 0 spiro atoms. The van der Waals surface area contributed by atoms with Crippen molar-refractivity contribution in [2.24, 2.45) is 0 Å². The van der Waals surface area contributed by atoms with E-state index in [1.54, 1.807) is 0 Å². The molecule has 4 nitrogen and oxygen atoms in total. The molecule has 0 aliphatic carbocycles. The molecule has 0 fully saturated rings. The summed E-state index contributed by atoms with van der Waals surface area (Å²) < 4.78 is 15.2. The average Bonchev–Trinajstić information content (AvgIpc) is 2.05. The second-order valence-electron chi connectivity index (χ2n) is 2.18. The van der Waals surface area contributed by atoms with Crippen molar-refractivity contribution in [1.82, 2.24) is 0 Å². The first-order chi connectivity index (χ1) is 6.24. The van der Waals surface area contributed by atoms with Crippen LogP contribution < -0.4 is 0 Å². The van der Waals surface area contributed by atoms with Crippen molar-refractivity contribution in [1.29, 1.82) is 0 Å². The molecule has 0 N–H and O–H groups in total. The van der Waals surface area contributed by atoms with Crippen molar-refractivity contribution >= 4 is 15.5 Å². The number of hydrogen-bond acceptors (Lipinski definition) is 4. The van der Waals surface area contributed by atoms with E-state index in [1.807, 2.05) is 13.8 Å². The number of hydrogen-bond donors (Lipinski definition) is 0. The number of carbonyl (C=O) groups excluding carboxylic acids is 1. The SMILES string of the molecule is C=CCC(=O)O[SiH](OCC)OCC. The van der Waals surface area contributed by atoms with E-state index < -0.39 is 9.53 Å². The Morgan fingerprint density at radius 2 is 1.92 bits per heavy atom. The first-order valence-electron chi connectivity index (χ1n) is 4.28. The van der Waals surface area contributed by atoms with Crippen LogP contribution in [-0.4, -0.2) is 28.7 Å². The zero-order chi connectivity index (χ0) is 10.1. The summed E-state index contributed by atoms with van der Waals surface area (Å²) in [5.74, 6) is -0.339. The van der Waals surface area contributed by atoms with Gasteiger partial charge in [-0.05, 0) is 13.8 Å². The Kier molecular flexibility index (Phi) is 7.57. The monoisotopic (exact) mass is 204 g/mol. The lowest BCUT2D eigenvalue weighted by Gasteiger charge is -2.13.